The Morgan fingerprint density at radius 2 is 1.63 bits per heavy atom. The molecule has 0 unspecified atom stereocenters. The number of anilines is 2. The number of alkyl halides is 2. The summed E-state index contributed by atoms with van der Waals surface area (Å²) in [5.41, 5.74) is 10.5. The number of aromatic amines is 1. The molecule has 26 heteroatoms. The maximum Gasteiger partial charge on any atom is 0.404 e. The highest BCUT2D eigenvalue weighted by molar-refractivity contribution is 8.54. The van der Waals surface area contributed by atoms with Crippen LogP contribution >= 0.6 is 37.4 Å². The number of halogens is 2. The molecule has 10 atom stereocenters. The molecule has 4 aromatic heterocycles. The summed E-state index contributed by atoms with van der Waals surface area (Å²) < 4.78 is 102. The van der Waals surface area contributed by atoms with E-state index in [2.05, 4.69) is 46.9 Å². The maximum absolute atomic E-state index is 16.4. The molecule has 6 N–H and O–H groups in total. The fraction of sp³-hybridized carbons (Fsp3) is 0.615. The molecule has 20 nitrogen and oxygen atoms in total. The van der Waals surface area contributed by atoms with Crippen molar-refractivity contribution in [3.8, 4) is 0 Å². The summed E-state index contributed by atoms with van der Waals surface area (Å²) in [6.07, 6.45) is -8.76. The number of nitrogens with one attached hydrogen (secondary N) is 2. The summed E-state index contributed by atoms with van der Waals surface area (Å²) in [4.78, 5) is 35.1. The van der Waals surface area contributed by atoms with E-state index in [0.717, 1.165) is 10.9 Å². The van der Waals surface area contributed by atoms with Gasteiger partial charge in [-0.05, 0) is 19.8 Å². The summed E-state index contributed by atoms with van der Waals surface area (Å²) in [6.45, 7) is -4.73. The van der Waals surface area contributed by atoms with Crippen LogP contribution in [0, 0.1) is 0 Å². The topological polar surface area (TPSA) is 261 Å². The third kappa shape index (κ3) is 6.99. The average molecular weight is 810 g/mol. The molecule has 3 aliphatic heterocycles. The van der Waals surface area contributed by atoms with Crippen molar-refractivity contribution in [2.24, 2.45) is 0 Å². The van der Waals surface area contributed by atoms with Crippen molar-refractivity contribution in [3.63, 3.8) is 0 Å². The van der Waals surface area contributed by atoms with Gasteiger partial charge in [-0.1, -0.05) is 26.1 Å². The van der Waals surface area contributed by atoms with Gasteiger partial charge in [0.2, 0.25) is 5.95 Å². The van der Waals surface area contributed by atoms with Crippen LogP contribution in [0.5, 0.6) is 0 Å². The maximum atomic E-state index is 16.4. The van der Waals surface area contributed by atoms with Gasteiger partial charge in [0.15, 0.2) is 47.4 Å². The van der Waals surface area contributed by atoms with E-state index in [4.69, 9.17) is 39.0 Å². The Kier molecular flexibility index (Phi) is 10.2. The number of aromatic nitrogens is 8. The van der Waals surface area contributed by atoms with E-state index in [1.54, 1.807) is 0 Å². The lowest BCUT2D eigenvalue weighted by molar-refractivity contribution is -0.0564. The van der Waals surface area contributed by atoms with E-state index in [1.165, 1.54) is 17.2 Å². The van der Waals surface area contributed by atoms with E-state index in [-0.39, 0.29) is 34.1 Å². The number of thiol groups is 1. The van der Waals surface area contributed by atoms with Crippen LogP contribution in [0.25, 0.3) is 22.3 Å². The molecule has 7 heterocycles. The predicted octanol–water partition coefficient (Wildman–Crippen LogP) is 3.37. The van der Waals surface area contributed by atoms with E-state index in [0.29, 0.717) is 24.4 Å². The molecule has 52 heavy (non-hydrogen) atoms. The number of nitrogens with two attached hydrogens (primary N) is 2. The first-order valence-electron chi connectivity index (χ1n) is 15.9. The lowest BCUT2D eigenvalue weighted by atomic mass is 9.98. The Labute approximate surface area is 302 Å². The molecular formula is C26H35F2N11O9P2S2. The quantitative estimate of drug-likeness (QED) is 0.102. The smallest absolute Gasteiger partial charge is 0.382 e. The fourth-order valence-corrected chi connectivity index (χ4v) is 10.7. The number of nitrogen functional groups attached to an aromatic ring is 2. The van der Waals surface area contributed by atoms with Crippen LogP contribution in [0.15, 0.2) is 23.8 Å². The van der Waals surface area contributed by atoms with Gasteiger partial charge < -0.3 is 20.9 Å². The summed E-state index contributed by atoms with van der Waals surface area (Å²) in [5, 5.41) is 0. The standard InChI is InChI=1S/C26H35F2N11O9P2S2/c1-4-26(3,5-2)37-52-50(42)44-7-12-17(14(28)23(46-12)39-10-34-16-21(39)35-25(30)36-22(16)40)47-49(41,51)43-6-11-13(27)18(48-50)24(45-11)38-9-33-15-19(29)31-8-32-20(15)38/h8-14,17-18,23-24,37H,4-7H2,1-3H3,(H,41,51)(H2,29,31,32)(H3,30,35,36,40)/t11-,12-,13-,14-,17-,18-,23-,24-,49-,50+/m1/s1. The Balaban J connectivity index is 1.26. The van der Waals surface area contributed by atoms with Crippen LogP contribution in [-0.2, 0) is 36.7 Å². The molecule has 0 saturated carbocycles. The van der Waals surface area contributed by atoms with Crippen molar-refractivity contribution < 1.29 is 45.5 Å². The third-order valence-corrected chi connectivity index (χ3v) is 14.1. The zero-order valence-corrected chi connectivity index (χ0v) is 31.1. The summed E-state index contributed by atoms with van der Waals surface area (Å²) in [5.74, 6) is -0.221. The van der Waals surface area contributed by atoms with Crippen LogP contribution in [0.1, 0.15) is 46.1 Å². The zero-order valence-electron chi connectivity index (χ0n) is 27.6. The van der Waals surface area contributed by atoms with Crippen molar-refractivity contribution in [2.45, 2.75) is 88.4 Å². The van der Waals surface area contributed by atoms with Crippen molar-refractivity contribution in [3.05, 3.63) is 29.3 Å². The number of nitrogens with zero attached hydrogens (tertiary/aromatic N) is 7. The van der Waals surface area contributed by atoms with Gasteiger partial charge in [0.05, 0.1) is 25.9 Å². The second-order valence-electron chi connectivity index (χ2n) is 12.5. The highest BCUT2D eigenvalue weighted by Crippen LogP contribution is 2.64. The minimum Gasteiger partial charge on any atom is -0.382 e. The van der Waals surface area contributed by atoms with Gasteiger partial charge in [-0.25, -0.2) is 42.6 Å². The van der Waals surface area contributed by atoms with Crippen LogP contribution < -0.4 is 21.7 Å². The number of imidazole rings is 2. The molecular weight excluding hydrogens is 774 g/mol. The average Bonchev–Trinajstić information content (AvgIpc) is 3.87. The molecule has 3 aliphatic rings. The highest BCUT2D eigenvalue weighted by atomic mass is 32.7. The van der Waals surface area contributed by atoms with Crippen molar-refractivity contribution >= 4 is 71.5 Å². The van der Waals surface area contributed by atoms with E-state index in [9.17, 15) is 13.9 Å². The molecule has 0 aromatic carbocycles. The molecule has 0 aliphatic carbocycles. The van der Waals surface area contributed by atoms with E-state index >= 15 is 8.78 Å². The predicted molar refractivity (Wildman–Crippen MR) is 185 cm³/mol. The van der Waals surface area contributed by atoms with Gasteiger partial charge in [0.1, 0.15) is 36.3 Å². The van der Waals surface area contributed by atoms with Crippen LogP contribution in [0.3, 0.4) is 0 Å². The van der Waals surface area contributed by atoms with Gasteiger partial charge in [-0.15, -0.1) is 0 Å². The Hall–Kier alpha value is -2.76. The summed E-state index contributed by atoms with van der Waals surface area (Å²) >= 11 is 4.63. The minimum absolute atomic E-state index is 0.0451. The van der Waals surface area contributed by atoms with E-state index in [1.807, 2.05) is 20.8 Å². The van der Waals surface area contributed by atoms with Gasteiger partial charge in [-0.3, -0.25) is 37.0 Å². The summed E-state index contributed by atoms with van der Waals surface area (Å²) in [6, 6.07) is 0. The molecule has 7 rings (SSSR count). The van der Waals surface area contributed by atoms with E-state index < -0.39 is 87.1 Å². The monoisotopic (exact) mass is 809 g/mol. The molecule has 0 spiro atoms. The van der Waals surface area contributed by atoms with Crippen molar-refractivity contribution in [1.82, 2.24) is 43.8 Å². The molecule has 0 radical (unpaired) electrons. The number of H-pyrrole nitrogens is 1. The minimum atomic E-state index is -4.51. The van der Waals surface area contributed by atoms with Gasteiger partial charge in [0.25, 0.3) is 5.56 Å². The first kappa shape index (κ1) is 37.6. The van der Waals surface area contributed by atoms with Crippen molar-refractivity contribution in [2.75, 3.05) is 24.7 Å². The number of hydrogen-bond donors (Lipinski definition) is 5. The van der Waals surface area contributed by atoms with Crippen molar-refractivity contribution in [1.29, 1.82) is 0 Å². The van der Waals surface area contributed by atoms with Crippen LogP contribution in [0.2, 0.25) is 0 Å². The molecule has 0 amide bonds. The normalized spacial score (nSPS) is 34.6. The molecule has 2 bridgehead atoms. The number of rotatable bonds is 7. The second-order valence-corrected chi connectivity index (χ2v) is 19.0. The molecule has 284 valence electrons. The number of ether oxygens (including phenoxy) is 2. The molecule has 3 fully saturated rings. The Morgan fingerprint density at radius 3 is 2.37 bits per heavy atom. The third-order valence-electron chi connectivity index (χ3n) is 9.19. The largest absolute Gasteiger partial charge is 0.404 e. The second kappa shape index (κ2) is 14.1. The number of fused-ring (bicyclic) bond motifs is 5. The SMILES string of the molecule is CCC(C)(CC)NS[P@@]1(=O)OC[C@H]2O[C@@H](n3cnc4c(=O)[nH]c(N)nc43)[C@H](F)[C@@H]2O[P@](=O)(S)OC[C@H]2O[C@@H](n3cnc4c(N)ncnc43)[C@H](O1)[C@@H]2F. The Morgan fingerprint density at radius 1 is 0.962 bits per heavy atom. The first-order chi connectivity index (χ1) is 24.6. The van der Waals surface area contributed by atoms with Gasteiger partial charge in [-0.2, -0.15) is 4.98 Å². The first-order valence-corrected chi connectivity index (χ1v) is 21.6. The van der Waals surface area contributed by atoms with Gasteiger partial charge in [0, 0.05) is 17.1 Å². The highest BCUT2D eigenvalue weighted by Gasteiger charge is 2.55. The fourth-order valence-electron chi connectivity index (χ4n) is 5.83. The zero-order chi connectivity index (χ0) is 37.2. The Bertz CT molecular complexity index is 2130. The summed E-state index contributed by atoms with van der Waals surface area (Å²) in [7, 11) is 0. The van der Waals surface area contributed by atoms with Crippen LogP contribution in [-0.4, -0.2) is 94.5 Å². The van der Waals surface area contributed by atoms with Crippen LogP contribution in [0.4, 0.5) is 20.5 Å². The lowest BCUT2D eigenvalue weighted by Crippen LogP contribution is -2.37. The number of hydrogen-bond acceptors (Lipinski definition) is 18. The van der Waals surface area contributed by atoms with Gasteiger partial charge >= 0.3 is 13.6 Å². The lowest BCUT2D eigenvalue weighted by Gasteiger charge is -2.31. The molecule has 3 saturated heterocycles. The molecule has 4 aromatic rings.